The molecule has 1 aromatic rings. The number of hydrogen-bond acceptors (Lipinski definition) is 2. The molecule has 2 unspecified atom stereocenters. The van der Waals surface area contributed by atoms with Crippen LogP contribution in [0.25, 0.3) is 0 Å². The summed E-state index contributed by atoms with van der Waals surface area (Å²) in [6, 6.07) is 4.17. The van der Waals surface area contributed by atoms with E-state index in [-0.39, 0.29) is 11.3 Å². The van der Waals surface area contributed by atoms with E-state index in [1.807, 2.05) is 0 Å². The number of carboxylic acids is 1. The highest BCUT2D eigenvalue weighted by Crippen LogP contribution is 2.33. The Labute approximate surface area is 111 Å². The zero-order chi connectivity index (χ0) is 14.0. The minimum atomic E-state index is -0.925. The fourth-order valence-electron chi connectivity index (χ4n) is 2.83. The largest absolute Gasteiger partial charge is 0.481 e. The summed E-state index contributed by atoms with van der Waals surface area (Å²) in [6.45, 7) is 1.72. The topological polar surface area (TPSA) is 54.4 Å². The third-order valence-corrected chi connectivity index (χ3v) is 3.75. The van der Waals surface area contributed by atoms with E-state index in [9.17, 15) is 19.1 Å². The van der Waals surface area contributed by atoms with E-state index in [1.54, 1.807) is 13.0 Å². The number of rotatable bonds is 3. The Morgan fingerprint density at radius 1 is 1.16 bits per heavy atom. The van der Waals surface area contributed by atoms with Crippen LogP contribution in [-0.2, 0) is 4.79 Å². The van der Waals surface area contributed by atoms with Crippen molar-refractivity contribution in [3.63, 3.8) is 0 Å². The second-order valence-electron chi connectivity index (χ2n) is 5.22. The summed E-state index contributed by atoms with van der Waals surface area (Å²) in [5.41, 5.74) is 0.960. The van der Waals surface area contributed by atoms with Crippen LogP contribution in [0.4, 0.5) is 4.39 Å². The summed E-state index contributed by atoms with van der Waals surface area (Å²) in [4.78, 5) is 23.6. The van der Waals surface area contributed by atoms with Crippen molar-refractivity contribution in [1.29, 1.82) is 0 Å². The van der Waals surface area contributed by atoms with Gasteiger partial charge in [-0.2, -0.15) is 0 Å². The lowest BCUT2D eigenvalue weighted by atomic mass is 9.75. The molecule has 0 aliphatic heterocycles. The first-order chi connectivity index (χ1) is 8.99. The first-order valence-corrected chi connectivity index (χ1v) is 6.53. The van der Waals surface area contributed by atoms with Gasteiger partial charge in [0, 0.05) is 11.5 Å². The minimum Gasteiger partial charge on any atom is -0.481 e. The van der Waals surface area contributed by atoms with Crippen molar-refractivity contribution in [2.45, 2.75) is 32.6 Å². The van der Waals surface area contributed by atoms with Gasteiger partial charge in [-0.3, -0.25) is 9.59 Å². The van der Waals surface area contributed by atoms with E-state index in [2.05, 4.69) is 0 Å². The summed E-state index contributed by atoms with van der Waals surface area (Å²) in [6.07, 6.45) is 2.79. The molecule has 102 valence electrons. The maximum absolute atomic E-state index is 13.3. The molecule has 2 atom stereocenters. The summed E-state index contributed by atoms with van der Waals surface area (Å²) in [7, 11) is 0. The van der Waals surface area contributed by atoms with Crippen LogP contribution >= 0.6 is 0 Å². The van der Waals surface area contributed by atoms with Crippen molar-refractivity contribution in [2.24, 2.45) is 11.8 Å². The van der Waals surface area contributed by atoms with Gasteiger partial charge in [0.1, 0.15) is 5.82 Å². The maximum Gasteiger partial charge on any atom is 0.307 e. The number of carboxylic acid groups (broad SMARTS) is 1. The monoisotopic (exact) mass is 264 g/mol. The molecule has 2 rings (SSSR count). The van der Waals surface area contributed by atoms with Crippen LogP contribution in [-0.4, -0.2) is 16.9 Å². The van der Waals surface area contributed by atoms with Crippen molar-refractivity contribution < 1.29 is 19.1 Å². The quantitative estimate of drug-likeness (QED) is 0.853. The molecule has 0 bridgehead atoms. The number of Topliss-reactive ketones (excluding diaryl/α,β-unsaturated/α-hetero) is 1. The molecular formula is C15H17FO3. The molecule has 3 nitrogen and oxygen atoms in total. The van der Waals surface area contributed by atoms with Crippen molar-refractivity contribution in [1.82, 2.24) is 0 Å². The molecule has 4 heteroatoms. The Bertz CT molecular complexity index is 490. The normalized spacial score (nSPS) is 23.1. The third kappa shape index (κ3) is 3.00. The second-order valence-corrected chi connectivity index (χ2v) is 5.22. The van der Waals surface area contributed by atoms with Crippen molar-refractivity contribution in [3.8, 4) is 0 Å². The molecule has 1 aromatic carbocycles. The lowest BCUT2D eigenvalue weighted by Gasteiger charge is -2.27. The number of ketones is 1. The van der Waals surface area contributed by atoms with E-state index in [0.29, 0.717) is 18.4 Å². The maximum atomic E-state index is 13.3. The van der Waals surface area contributed by atoms with Crippen molar-refractivity contribution >= 4 is 11.8 Å². The SMILES string of the molecule is Cc1cc(F)cc(C(=O)C2CCCCC2C(=O)O)c1. The summed E-state index contributed by atoms with van der Waals surface area (Å²) in [5.74, 6) is -2.77. The number of carbonyl (C=O) groups is 2. The van der Waals surface area contributed by atoms with Crippen LogP contribution in [0.15, 0.2) is 18.2 Å². The fourth-order valence-corrected chi connectivity index (χ4v) is 2.83. The highest BCUT2D eigenvalue weighted by Gasteiger charge is 2.36. The predicted molar refractivity (Wildman–Crippen MR) is 68.6 cm³/mol. The summed E-state index contributed by atoms with van der Waals surface area (Å²) < 4.78 is 13.3. The minimum absolute atomic E-state index is 0.241. The molecule has 1 saturated carbocycles. The Kier molecular flexibility index (Phi) is 3.98. The van der Waals surface area contributed by atoms with Gasteiger partial charge in [0.25, 0.3) is 0 Å². The highest BCUT2D eigenvalue weighted by atomic mass is 19.1. The van der Waals surface area contributed by atoms with Gasteiger partial charge in [-0.1, -0.05) is 12.8 Å². The standard InChI is InChI=1S/C15H17FO3/c1-9-6-10(8-11(16)7-9)14(17)12-4-2-3-5-13(12)15(18)19/h6-8,12-13H,2-5H2,1H3,(H,18,19). The molecule has 0 spiro atoms. The molecule has 1 aliphatic carbocycles. The van der Waals surface area contributed by atoms with Crippen LogP contribution in [0.1, 0.15) is 41.6 Å². The van der Waals surface area contributed by atoms with Crippen LogP contribution in [0.5, 0.6) is 0 Å². The van der Waals surface area contributed by atoms with Crippen molar-refractivity contribution in [2.75, 3.05) is 0 Å². The zero-order valence-electron chi connectivity index (χ0n) is 10.9. The van der Waals surface area contributed by atoms with E-state index < -0.39 is 23.6 Å². The average molecular weight is 264 g/mol. The van der Waals surface area contributed by atoms with Crippen LogP contribution in [0.3, 0.4) is 0 Å². The second kappa shape index (κ2) is 5.51. The van der Waals surface area contributed by atoms with Gasteiger partial charge < -0.3 is 5.11 Å². The molecule has 1 N–H and O–H groups in total. The van der Waals surface area contributed by atoms with Gasteiger partial charge in [-0.05, 0) is 43.5 Å². The molecular weight excluding hydrogens is 247 g/mol. The molecule has 0 heterocycles. The zero-order valence-corrected chi connectivity index (χ0v) is 10.9. The molecule has 0 radical (unpaired) electrons. The fraction of sp³-hybridized carbons (Fsp3) is 0.467. The molecule has 0 aromatic heterocycles. The number of halogens is 1. The van der Waals surface area contributed by atoms with Gasteiger partial charge in [0.05, 0.1) is 5.92 Å². The summed E-state index contributed by atoms with van der Waals surface area (Å²) >= 11 is 0. The summed E-state index contributed by atoms with van der Waals surface area (Å²) in [5, 5.41) is 9.19. The molecule has 1 aliphatic rings. The van der Waals surface area contributed by atoms with Crippen molar-refractivity contribution in [3.05, 3.63) is 35.1 Å². The van der Waals surface area contributed by atoms with Gasteiger partial charge in [-0.15, -0.1) is 0 Å². The van der Waals surface area contributed by atoms with Crippen LogP contribution < -0.4 is 0 Å². The smallest absolute Gasteiger partial charge is 0.307 e. The highest BCUT2D eigenvalue weighted by molar-refractivity contribution is 6.00. The Balaban J connectivity index is 2.28. The first-order valence-electron chi connectivity index (χ1n) is 6.53. The predicted octanol–water partition coefficient (Wildman–Crippen LogP) is 3.21. The first kappa shape index (κ1) is 13.7. The van der Waals surface area contributed by atoms with Gasteiger partial charge in [-0.25, -0.2) is 4.39 Å². The molecule has 19 heavy (non-hydrogen) atoms. The van der Waals surface area contributed by atoms with E-state index >= 15 is 0 Å². The lowest BCUT2D eigenvalue weighted by Crippen LogP contribution is -2.32. The van der Waals surface area contributed by atoms with Crippen LogP contribution in [0.2, 0.25) is 0 Å². The van der Waals surface area contributed by atoms with Gasteiger partial charge in [0.2, 0.25) is 0 Å². The molecule has 1 fully saturated rings. The Hall–Kier alpha value is -1.71. The third-order valence-electron chi connectivity index (χ3n) is 3.75. The van der Waals surface area contributed by atoms with Crippen LogP contribution in [0, 0.1) is 24.6 Å². The molecule has 0 amide bonds. The number of carbonyl (C=O) groups excluding carboxylic acids is 1. The number of hydrogen-bond donors (Lipinski definition) is 1. The number of aliphatic carboxylic acids is 1. The number of benzene rings is 1. The Morgan fingerprint density at radius 2 is 1.79 bits per heavy atom. The van der Waals surface area contributed by atoms with Gasteiger partial charge in [0.15, 0.2) is 5.78 Å². The van der Waals surface area contributed by atoms with E-state index in [1.165, 1.54) is 12.1 Å². The molecule has 0 saturated heterocycles. The number of aryl methyl sites for hydroxylation is 1. The Morgan fingerprint density at radius 3 is 2.37 bits per heavy atom. The van der Waals surface area contributed by atoms with E-state index in [4.69, 9.17) is 0 Å². The van der Waals surface area contributed by atoms with Gasteiger partial charge >= 0.3 is 5.97 Å². The van der Waals surface area contributed by atoms with E-state index in [0.717, 1.165) is 12.8 Å². The lowest BCUT2D eigenvalue weighted by molar-refractivity contribution is -0.144. The average Bonchev–Trinajstić information content (AvgIpc) is 2.36.